The number of hydrogen-bond donors (Lipinski definition) is 2. The smallest absolute Gasteiger partial charge is 0.213 e. The maximum absolute atomic E-state index is 5.45. The summed E-state index contributed by atoms with van der Waals surface area (Å²) in [4.78, 5) is 4.11. The SMILES string of the molecule is SCCNCCCOc1ccc(Br)cn1. The molecule has 0 saturated heterocycles. The predicted octanol–water partition coefficient (Wildman–Crippen LogP) is 2.13. The van der Waals surface area contributed by atoms with Crippen molar-refractivity contribution in [3.63, 3.8) is 0 Å². The van der Waals surface area contributed by atoms with Crippen molar-refractivity contribution in [1.82, 2.24) is 10.3 Å². The highest BCUT2D eigenvalue weighted by atomic mass is 79.9. The average Bonchev–Trinajstić information content (AvgIpc) is 2.26. The van der Waals surface area contributed by atoms with E-state index in [1.807, 2.05) is 12.1 Å². The van der Waals surface area contributed by atoms with E-state index in [0.29, 0.717) is 12.5 Å². The first-order valence-corrected chi connectivity index (χ1v) is 6.31. The molecule has 0 fully saturated rings. The Morgan fingerprint density at radius 1 is 1.40 bits per heavy atom. The molecule has 0 aromatic carbocycles. The standard InChI is InChI=1S/C10H15BrN2OS/c11-9-2-3-10(13-8-9)14-6-1-4-12-5-7-15/h2-3,8,12,15H,1,4-7H2. The molecule has 15 heavy (non-hydrogen) atoms. The van der Waals surface area contributed by atoms with E-state index in [-0.39, 0.29) is 0 Å². The lowest BCUT2D eigenvalue weighted by molar-refractivity contribution is 0.297. The minimum Gasteiger partial charge on any atom is -0.478 e. The number of pyridine rings is 1. The van der Waals surface area contributed by atoms with Gasteiger partial charge in [-0.25, -0.2) is 4.98 Å². The molecule has 1 aromatic heterocycles. The number of nitrogens with zero attached hydrogens (tertiary/aromatic N) is 1. The fourth-order valence-corrected chi connectivity index (χ4v) is 1.42. The highest BCUT2D eigenvalue weighted by Crippen LogP contribution is 2.11. The zero-order valence-corrected chi connectivity index (χ0v) is 10.9. The van der Waals surface area contributed by atoms with E-state index >= 15 is 0 Å². The van der Waals surface area contributed by atoms with Crippen molar-refractivity contribution in [3.8, 4) is 5.88 Å². The van der Waals surface area contributed by atoms with Crippen molar-refractivity contribution in [1.29, 1.82) is 0 Å². The highest BCUT2D eigenvalue weighted by Gasteiger charge is 1.94. The van der Waals surface area contributed by atoms with Gasteiger partial charge in [0.1, 0.15) is 0 Å². The predicted molar refractivity (Wildman–Crippen MR) is 68.8 cm³/mol. The van der Waals surface area contributed by atoms with E-state index < -0.39 is 0 Å². The van der Waals surface area contributed by atoms with Crippen LogP contribution in [0.25, 0.3) is 0 Å². The second-order valence-corrected chi connectivity index (χ2v) is 4.35. The Balaban J connectivity index is 2.07. The molecule has 3 nitrogen and oxygen atoms in total. The molecule has 0 amide bonds. The largest absolute Gasteiger partial charge is 0.478 e. The summed E-state index contributed by atoms with van der Waals surface area (Å²) in [6, 6.07) is 3.77. The van der Waals surface area contributed by atoms with Gasteiger partial charge in [-0.1, -0.05) is 0 Å². The Morgan fingerprint density at radius 3 is 2.93 bits per heavy atom. The lowest BCUT2D eigenvalue weighted by atomic mass is 10.4. The van der Waals surface area contributed by atoms with Crippen molar-refractivity contribution < 1.29 is 4.74 Å². The maximum atomic E-state index is 5.45. The summed E-state index contributed by atoms with van der Waals surface area (Å²) in [6.45, 7) is 2.59. The molecule has 0 saturated carbocycles. The number of nitrogens with one attached hydrogen (secondary N) is 1. The maximum Gasteiger partial charge on any atom is 0.213 e. The Hall–Kier alpha value is -0.260. The van der Waals surface area contributed by atoms with Crippen LogP contribution in [0.5, 0.6) is 5.88 Å². The molecule has 0 aliphatic heterocycles. The number of ether oxygens (including phenoxy) is 1. The molecule has 0 bridgehead atoms. The first kappa shape index (κ1) is 12.8. The minimum atomic E-state index is 0.674. The fraction of sp³-hybridized carbons (Fsp3) is 0.500. The van der Waals surface area contributed by atoms with Gasteiger partial charge in [0.25, 0.3) is 0 Å². The van der Waals surface area contributed by atoms with Crippen molar-refractivity contribution in [2.75, 3.05) is 25.4 Å². The van der Waals surface area contributed by atoms with Gasteiger partial charge in [0.15, 0.2) is 0 Å². The molecule has 0 aliphatic carbocycles. The molecule has 1 heterocycles. The summed E-state index contributed by atoms with van der Waals surface area (Å²) < 4.78 is 6.41. The Labute approximate surface area is 104 Å². The van der Waals surface area contributed by atoms with Crippen molar-refractivity contribution in [2.24, 2.45) is 0 Å². The van der Waals surface area contributed by atoms with E-state index in [2.05, 4.69) is 38.9 Å². The molecule has 1 rings (SSSR count). The number of rotatable bonds is 7. The minimum absolute atomic E-state index is 0.674. The summed E-state index contributed by atoms with van der Waals surface area (Å²) in [7, 11) is 0. The van der Waals surface area contributed by atoms with Crippen molar-refractivity contribution in [2.45, 2.75) is 6.42 Å². The van der Waals surface area contributed by atoms with Crippen LogP contribution in [-0.4, -0.2) is 30.4 Å². The van der Waals surface area contributed by atoms with Crippen LogP contribution in [0.3, 0.4) is 0 Å². The van der Waals surface area contributed by atoms with Gasteiger partial charge in [-0.3, -0.25) is 0 Å². The third kappa shape index (κ3) is 6.02. The zero-order chi connectivity index (χ0) is 10.9. The summed E-state index contributed by atoms with van der Waals surface area (Å²) >= 11 is 7.42. The van der Waals surface area contributed by atoms with Gasteiger partial charge in [-0.05, 0) is 35.0 Å². The second kappa shape index (κ2) is 7.96. The Morgan fingerprint density at radius 2 is 2.27 bits per heavy atom. The van der Waals surface area contributed by atoms with Gasteiger partial charge in [-0.2, -0.15) is 12.6 Å². The quantitative estimate of drug-likeness (QED) is 0.596. The van der Waals surface area contributed by atoms with E-state index in [1.165, 1.54) is 0 Å². The van der Waals surface area contributed by atoms with Gasteiger partial charge < -0.3 is 10.1 Å². The topological polar surface area (TPSA) is 34.1 Å². The summed E-state index contributed by atoms with van der Waals surface area (Å²) in [6.07, 6.45) is 2.71. The van der Waals surface area contributed by atoms with Gasteiger partial charge in [0, 0.05) is 29.0 Å². The van der Waals surface area contributed by atoms with Crippen LogP contribution in [0.15, 0.2) is 22.8 Å². The molecule has 1 aromatic rings. The van der Waals surface area contributed by atoms with E-state index in [4.69, 9.17) is 4.74 Å². The number of thiol groups is 1. The van der Waals surface area contributed by atoms with Crippen molar-refractivity contribution >= 4 is 28.6 Å². The third-order valence-corrected chi connectivity index (χ3v) is 2.43. The van der Waals surface area contributed by atoms with E-state index in [0.717, 1.165) is 29.7 Å². The van der Waals surface area contributed by atoms with Crippen LogP contribution >= 0.6 is 28.6 Å². The third-order valence-electron chi connectivity index (χ3n) is 1.74. The lowest BCUT2D eigenvalue weighted by Gasteiger charge is -2.05. The van der Waals surface area contributed by atoms with Gasteiger partial charge in [0.05, 0.1) is 6.61 Å². The normalized spacial score (nSPS) is 10.3. The first-order valence-electron chi connectivity index (χ1n) is 4.89. The lowest BCUT2D eigenvalue weighted by Crippen LogP contribution is -2.19. The van der Waals surface area contributed by atoms with Gasteiger partial charge in [0.2, 0.25) is 5.88 Å². The van der Waals surface area contributed by atoms with Crippen LogP contribution in [0, 0.1) is 0 Å². The van der Waals surface area contributed by atoms with Crippen LogP contribution < -0.4 is 10.1 Å². The number of halogens is 1. The molecule has 0 spiro atoms. The number of hydrogen-bond acceptors (Lipinski definition) is 4. The van der Waals surface area contributed by atoms with Crippen molar-refractivity contribution in [3.05, 3.63) is 22.8 Å². The highest BCUT2D eigenvalue weighted by molar-refractivity contribution is 9.10. The summed E-state index contributed by atoms with van der Waals surface area (Å²) in [5, 5.41) is 3.25. The monoisotopic (exact) mass is 290 g/mol. The molecule has 0 radical (unpaired) electrons. The molecule has 0 aliphatic rings. The summed E-state index contributed by atoms with van der Waals surface area (Å²) in [5.74, 6) is 1.54. The average molecular weight is 291 g/mol. The van der Waals surface area contributed by atoms with E-state index in [9.17, 15) is 0 Å². The molecule has 1 N–H and O–H groups in total. The second-order valence-electron chi connectivity index (χ2n) is 2.99. The van der Waals surface area contributed by atoms with E-state index in [1.54, 1.807) is 6.20 Å². The Kier molecular flexibility index (Phi) is 6.80. The van der Waals surface area contributed by atoms with Crippen LogP contribution in [0.2, 0.25) is 0 Å². The molecular weight excluding hydrogens is 276 g/mol. The van der Waals surface area contributed by atoms with Gasteiger partial charge >= 0.3 is 0 Å². The number of aromatic nitrogens is 1. The van der Waals surface area contributed by atoms with Gasteiger partial charge in [-0.15, -0.1) is 0 Å². The zero-order valence-electron chi connectivity index (χ0n) is 8.45. The molecule has 84 valence electrons. The van der Waals surface area contributed by atoms with Crippen LogP contribution in [0.4, 0.5) is 0 Å². The molecule has 0 atom stereocenters. The fourth-order valence-electron chi connectivity index (χ4n) is 1.03. The summed E-state index contributed by atoms with van der Waals surface area (Å²) in [5.41, 5.74) is 0. The molecular formula is C10H15BrN2OS. The molecule has 0 unspecified atom stereocenters. The molecule has 5 heteroatoms. The van der Waals surface area contributed by atoms with Crippen LogP contribution in [0.1, 0.15) is 6.42 Å². The first-order chi connectivity index (χ1) is 7.33. The van der Waals surface area contributed by atoms with Crippen LogP contribution in [-0.2, 0) is 0 Å². The Bertz CT molecular complexity index is 269.